The number of carbonyl (C=O) groups is 1. The first kappa shape index (κ1) is 15.6. The van der Waals surface area contributed by atoms with Crippen molar-refractivity contribution < 1.29 is 14.5 Å². The Labute approximate surface area is 116 Å². The van der Waals surface area contributed by atoms with Gasteiger partial charge in [0, 0.05) is 12.1 Å². The van der Waals surface area contributed by atoms with Crippen LogP contribution in [0.5, 0.6) is 0 Å². The van der Waals surface area contributed by atoms with E-state index in [4.69, 9.17) is 4.74 Å². The fraction of sp³-hybridized carbons (Fsp3) is 0.385. The van der Waals surface area contributed by atoms with Gasteiger partial charge in [0.2, 0.25) is 0 Å². The van der Waals surface area contributed by atoms with Crippen LogP contribution in [0.1, 0.15) is 33.3 Å². The Hall–Kier alpha value is -2.44. The highest BCUT2D eigenvalue weighted by Crippen LogP contribution is 2.12. The number of ether oxygens (including phenoxy) is 1. The molecule has 0 saturated carbocycles. The molecule has 0 fully saturated rings. The second-order valence-electron chi connectivity index (χ2n) is 5.11. The third kappa shape index (κ3) is 5.05. The van der Waals surface area contributed by atoms with Gasteiger partial charge in [-0.1, -0.05) is 0 Å². The standard InChI is InChI=1S/C13H17N3O4/c1-9(14-15-12(17)20-13(2,3)4)10-5-7-11(8-6-10)16(18)19/h5-8H,1-4H3,(H,15,17)/b14-9+. The number of rotatable bonds is 3. The summed E-state index contributed by atoms with van der Waals surface area (Å²) in [7, 11) is 0. The molecule has 1 N–H and O–H groups in total. The van der Waals surface area contributed by atoms with Gasteiger partial charge in [0.1, 0.15) is 5.60 Å². The molecule has 108 valence electrons. The minimum Gasteiger partial charge on any atom is -0.443 e. The van der Waals surface area contributed by atoms with Crippen molar-refractivity contribution >= 4 is 17.5 Å². The topological polar surface area (TPSA) is 93.8 Å². The Morgan fingerprint density at radius 2 is 1.85 bits per heavy atom. The van der Waals surface area contributed by atoms with E-state index in [1.54, 1.807) is 39.8 Å². The molecule has 0 aliphatic carbocycles. The van der Waals surface area contributed by atoms with Crippen molar-refractivity contribution in [3.05, 3.63) is 39.9 Å². The zero-order valence-electron chi connectivity index (χ0n) is 11.8. The summed E-state index contributed by atoms with van der Waals surface area (Å²) in [5.74, 6) is 0. The van der Waals surface area contributed by atoms with E-state index in [0.717, 1.165) is 0 Å². The van der Waals surface area contributed by atoms with E-state index < -0.39 is 16.6 Å². The fourth-order valence-electron chi connectivity index (χ4n) is 1.32. The molecule has 0 aliphatic rings. The molecular formula is C13H17N3O4. The smallest absolute Gasteiger partial charge is 0.428 e. The summed E-state index contributed by atoms with van der Waals surface area (Å²) in [6, 6.07) is 5.88. The van der Waals surface area contributed by atoms with Crippen molar-refractivity contribution in [2.45, 2.75) is 33.3 Å². The molecule has 1 amide bonds. The maximum Gasteiger partial charge on any atom is 0.428 e. The van der Waals surface area contributed by atoms with Gasteiger partial charge in [0.05, 0.1) is 10.6 Å². The zero-order valence-corrected chi connectivity index (χ0v) is 11.8. The summed E-state index contributed by atoms with van der Waals surface area (Å²) in [6.45, 7) is 6.93. The summed E-state index contributed by atoms with van der Waals surface area (Å²) in [5, 5.41) is 14.4. The summed E-state index contributed by atoms with van der Waals surface area (Å²) in [5.41, 5.74) is 2.86. The second-order valence-corrected chi connectivity index (χ2v) is 5.11. The molecule has 1 aromatic rings. The van der Waals surface area contributed by atoms with E-state index in [9.17, 15) is 14.9 Å². The Balaban J connectivity index is 2.69. The minimum atomic E-state index is -0.654. The summed E-state index contributed by atoms with van der Waals surface area (Å²) < 4.78 is 5.03. The minimum absolute atomic E-state index is 0.00153. The van der Waals surface area contributed by atoms with Crippen molar-refractivity contribution in [2.75, 3.05) is 0 Å². The lowest BCUT2D eigenvalue weighted by Crippen LogP contribution is -2.30. The fourth-order valence-corrected chi connectivity index (χ4v) is 1.32. The first-order valence-corrected chi connectivity index (χ1v) is 5.97. The number of hydrazone groups is 1. The normalized spacial score (nSPS) is 11.9. The Bertz CT molecular complexity index is 530. The zero-order chi connectivity index (χ0) is 15.3. The number of hydrogen-bond donors (Lipinski definition) is 1. The van der Waals surface area contributed by atoms with Crippen LogP contribution in [0.3, 0.4) is 0 Å². The molecule has 0 unspecified atom stereocenters. The molecule has 1 aromatic carbocycles. The lowest BCUT2D eigenvalue weighted by Gasteiger charge is -2.18. The highest BCUT2D eigenvalue weighted by Gasteiger charge is 2.15. The monoisotopic (exact) mass is 279 g/mol. The van der Waals surface area contributed by atoms with Crippen molar-refractivity contribution in [3.8, 4) is 0 Å². The van der Waals surface area contributed by atoms with Gasteiger partial charge in [0.25, 0.3) is 5.69 Å². The number of nitro benzene ring substituents is 1. The molecule has 7 nitrogen and oxygen atoms in total. The molecule has 0 radical (unpaired) electrons. The summed E-state index contributed by atoms with van der Waals surface area (Å²) in [4.78, 5) is 21.5. The van der Waals surface area contributed by atoms with Gasteiger partial charge in [-0.2, -0.15) is 5.10 Å². The van der Waals surface area contributed by atoms with E-state index >= 15 is 0 Å². The number of nitrogens with one attached hydrogen (secondary N) is 1. The van der Waals surface area contributed by atoms with Crippen LogP contribution < -0.4 is 5.43 Å². The number of nitro groups is 1. The molecule has 0 saturated heterocycles. The summed E-state index contributed by atoms with van der Waals surface area (Å²) in [6.07, 6.45) is -0.654. The number of amides is 1. The van der Waals surface area contributed by atoms with Crippen LogP contribution in [0.25, 0.3) is 0 Å². The Kier molecular flexibility index (Phi) is 4.79. The molecule has 0 aromatic heterocycles. The van der Waals surface area contributed by atoms with E-state index in [2.05, 4.69) is 10.5 Å². The Morgan fingerprint density at radius 3 is 2.30 bits per heavy atom. The van der Waals surface area contributed by atoms with E-state index in [1.165, 1.54) is 12.1 Å². The molecule has 0 heterocycles. The number of non-ortho nitro benzene ring substituents is 1. The third-order valence-electron chi connectivity index (χ3n) is 2.21. The predicted octanol–water partition coefficient (Wildman–Crippen LogP) is 2.84. The number of benzene rings is 1. The van der Waals surface area contributed by atoms with Gasteiger partial charge in [-0.05, 0) is 45.4 Å². The SMILES string of the molecule is C/C(=N\NC(=O)OC(C)(C)C)c1ccc([N+](=O)[O-])cc1. The van der Waals surface area contributed by atoms with Gasteiger partial charge in [-0.15, -0.1) is 0 Å². The van der Waals surface area contributed by atoms with E-state index in [-0.39, 0.29) is 5.69 Å². The second kappa shape index (κ2) is 6.14. The van der Waals surface area contributed by atoms with Crippen LogP contribution in [-0.2, 0) is 4.74 Å². The highest BCUT2D eigenvalue weighted by molar-refractivity contribution is 5.99. The number of hydrogen-bond acceptors (Lipinski definition) is 5. The number of carbonyl (C=O) groups excluding carboxylic acids is 1. The predicted molar refractivity (Wildman–Crippen MR) is 74.7 cm³/mol. The van der Waals surface area contributed by atoms with Gasteiger partial charge in [0.15, 0.2) is 0 Å². The van der Waals surface area contributed by atoms with Crippen molar-refractivity contribution in [1.29, 1.82) is 0 Å². The molecule has 0 bridgehead atoms. The third-order valence-corrected chi connectivity index (χ3v) is 2.21. The molecule has 0 spiro atoms. The lowest BCUT2D eigenvalue weighted by molar-refractivity contribution is -0.384. The van der Waals surface area contributed by atoms with Gasteiger partial charge >= 0.3 is 6.09 Å². The quantitative estimate of drug-likeness (QED) is 0.523. The first-order valence-electron chi connectivity index (χ1n) is 5.97. The molecule has 7 heteroatoms. The number of nitrogens with zero attached hydrogens (tertiary/aromatic N) is 2. The van der Waals surface area contributed by atoms with Crippen LogP contribution in [0.2, 0.25) is 0 Å². The van der Waals surface area contributed by atoms with Crippen LogP contribution in [-0.4, -0.2) is 22.3 Å². The largest absolute Gasteiger partial charge is 0.443 e. The van der Waals surface area contributed by atoms with Crippen molar-refractivity contribution in [2.24, 2.45) is 5.10 Å². The van der Waals surface area contributed by atoms with Gasteiger partial charge < -0.3 is 4.74 Å². The maximum absolute atomic E-state index is 11.4. The molecule has 20 heavy (non-hydrogen) atoms. The average Bonchev–Trinajstić information content (AvgIpc) is 2.34. The van der Waals surface area contributed by atoms with E-state index in [0.29, 0.717) is 11.3 Å². The van der Waals surface area contributed by atoms with Crippen molar-refractivity contribution in [1.82, 2.24) is 5.43 Å². The van der Waals surface area contributed by atoms with Crippen LogP contribution in [0.4, 0.5) is 10.5 Å². The molecule has 0 atom stereocenters. The molecule has 1 rings (SSSR count). The molecule has 0 aliphatic heterocycles. The van der Waals surface area contributed by atoms with Crippen molar-refractivity contribution in [3.63, 3.8) is 0 Å². The Morgan fingerprint density at radius 1 is 1.30 bits per heavy atom. The van der Waals surface area contributed by atoms with Crippen LogP contribution in [0.15, 0.2) is 29.4 Å². The molecular weight excluding hydrogens is 262 g/mol. The van der Waals surface area contributed by atoms with E-state index in [1.807, 2.05) is 0 Å². The van der Waals surface area contributed by atoms with Gasteiger partial charge in [-0.25, -0.2) is 10.2 Å². The van der Waals surface area contributed by atoms with Crippen LogP contribution >= 0.6 is 0 Å². The van der Waals surface area contributed by atoms with Crippen LogP contribution in [0, 0.1) is 10.1 Å². The average molecular weight is 279 g/mol. The maximum atomic E-state index is 11.4. The highest BCUT2D eigenvalue weighted by atomic mass is 16.6. The van der Waals surface area contributed by atoms with Gasteiger partial charge in [-0.3, -0.25) is 10.1 Å². The summed E-state index contributed by atoms with van der Waals surface area (Å²) >= 11 is 0. The lowest BCUT2D eigenvalue weighted by atomic mass is 10.1. The first-order chi connectivity index (χ1) is 9.19.